The molecule has 2 rings (SSSR count). The number of ether oxygens (including phenoxy) is 1. The summed E-state index contributed by atoms with van der Waals surface area (Å²) in [6.07, 6.45) is 0. The quantitative estimate of drug-likeness (QED) is 0.807. The molecule has 0 radical (unpaired) electrons. The van der Waals surface area contributed by atoms with Gasteiger partial charge in [-0.3, -0.25) is 14.3 Å². The summed E-state index contributed by atoms with van der Waals surface area (Å²) in [5, 5.41) is 4.81. The van der Waals surface area contributed by atoms with Crippen LogP contribution in [-0.4, -0.2) is 33.4 Å². The molecule has 0 saturated heterocycles. The van der Waals surface area contributed by atoms with E-state index in [-0.39, 0.29) is 5.56 Å². The van der Waals surface area contributed by atoms with Crippen molar-refractivity contribution in [2.75, 3.05) is 17.7 Å². The van der Waals surface area contributed by atoms with Crippen LogP contribution in [0.2, 0.25) is 0 Å². The van der Waals surface area contributed by atoms with Gasteiger partial charge in [0.15, 0.2) is 11.7 Å². The molecule has 1 amide bonds. The number of aromatic nitrogens is 1. The van der Waals surface area contributed by atoms with Crippen LogP contribution in [0.15, 0.2) is 34.5 Å². The van der Waals surface area contributed by atoms with Gasteiger partial charge in [-0.1, -0.05) is 19.1 Å². The van der Waals surface area contributed by atoms with Crippen molar-refractivity contribution in [3.8, 4) is 0 Å². The van der Waals surface area contributed by atoms with E-state index >= 15 is 0 Å². The fraction of sp³-hybridized carbons (Fsp3) is 0.267. The molecule has 0 fully saturated rings. The molecule has 1 atom stereocenters. The molecule has 1 aromatic heterocycles. The van der Waals surface area contributed by atoms with Gasteiger partial charge in [0, 0.05) is 11.1 Å². The number of carbonyl (C=O) groups is 2. The summed E-state index contributed by atoms with van der Waals surface area (Å²) in [5.41, 5.74) is 1.02. The highest BCUT2D eigenvalue weighted by Crippen LogP contribution is 2.16. The first kappa shape index (κ1) is 17.3. The predicted octanol–water partition coefficient (Wildman–Crippen LogP) is 2.37. The standard InChI is InChI=1S/C15H16N2O4S2/c1-3-23(20)12-7-5-4-6-11(12)14(19)21-8-13(18)17-15-16-10(2)9-22-15/h4-7,9H,3,8H2,1-2H3,(H,16,17,18)/t23-/m1/s1. The fourth-order valence-corrected chi connectivity index (χ4v) is 3.41. The smallest absolute Gasteiger partial charge is 0.339 e. The molecule has 0 aliphatic rings. The molecule has 0 unspecified atom stereocenters. The Morgan fingerprint density at radius 1 is 1.35 bits per heavy atom. The Kier molecular flexibility index (Phi) is 6.00. The second-order valence-corrected chi connectivity index (χ2v) is 7.12. The van der Waals surface area contributed by atoms with Gasteiger partial charge in [0.1, 0.15) is 0 Å². The Balaban J connectivity index is 1.97. The topological polar surface area (TPSA) is 85.4 Å². The molecule has 8 heteroatoms. The number of anilines is 1. The van der Waals surface area contributed by atoms with Gasteiger partial charge < -0.3 is 4.74 Å². The van der Waals surface area contributed by atoms with Gasteiger partial charge >= 0.3 is 5.97 Å². The van der Waals surface area contributed by atoms with E-state index in [4.69, 9.17) is 4.74 Å². The average molecular weight is 352 g/mol. The number of hydrogen-bond donors (Lipinski definition) is 1. The molecule has 0 aliphatic carbocycles. The lowest BCUT2D eigenvalue weighted by Crippen LogP contribution is -2.21. The number of nitrogens with one attached hydrogen (secondary N) is 1. The first-order valence-corrected chi connectivity index (χ1v) is 9.07. The van der Waals surface area contributed by atoms with Gasteiger partial charge in [-0.2, -0.15) is 0 Å². The maximum absolute atomic E-state index is 12.1. The number of rotatable bonds is 6. The molecule has 2 aromatic rings. The van der Waals surface area contributed by atoms with Crippen LogP contribution in [-0.2, 0) is 20.3 Å². The number of carbonyl (C=O) groups excluding carboxylic acids is 2. The van der Waals surface area contributed by atoms with Crippen LogP contribution < -0.4 is 5.32 Å². The third kappa shape index (κ3) is 4.70. The van der Waals surface area contributed by atoms with Crippen molar-refractivity contribution in [1.82, 2.24) is 4.98 Å². The lowest BCUT2D eigenvalue weighted by molar-refractivity contribution is -0.119. The van der Waals surface area contributed by atoms with Crippen LogP contribution in [0, 0.1) is 6.92 Å². The second-order valence-electron chi connectivity index (χ2n) is 4.55. The first-order valence-electron chi connectivity index (χ1n) is 6.87. The minimum absolute atomic E-state index is 0.213. The highest BCUT2D eigenvalue weighted by atomic mass is 32.2. The van der Waals surface area contributed by atoms with E-state index in [1.807, 2.05) is 6.92 Å². The number of benzene rings is 1. The van der Waals surface area contributed by atoms with E-state index in [1.54, 1.807) is 30.5 Å². The summed E-state index contributed by atoms with van der Waals surface area (Å²) in [7, 11) is -1.28. The largest absolute Gasteiger partial charge is 0.452 e. The number of aryl methyl sites for hydroxylation is 1. The molecule has 0 aliphatic heterocycles. The fourth-order valence-electron chi connectivity index (χ4n) is 1.76. The average Bonchev–Trinajstić information content (AvgIpc) is 2.96. The van der Waals surface area contributed by atoms with Crippen molar-refractivity contribution in [1.29, 1.82) is 0 Å². The molecule has 1 N–H and O–H groups in total. The van der Waals surface area contributed by atoms with E-state index in [1.165, 1.54) is 17.4 Å². The molecular weight excluding hydrogens is 336 g/mol. The Hall–Kier alpha value is -2.06. The zero-order valence-electron chi connectivity index (χ0n) is 12.7. The van der Waals surface area contributed by atoms with Gasteiger partial charge in [0.25, 0.3) is 5.91 Å². The van der Waals surface area contributed by atoms with Crippen molar-refractivity contribution in [2.24, 2.45) is 0 Å². The van der Waals surface area contributed by atoms with Gasteiger partial charge in [0.05, 0.1) is 27.0 Å². The van der Waals surface area contributed by atoms with Gasteiger partial charge in [-0.05, 0) is 19.1 Å². The summed E-state index contributed by atoms with van der Waals surface area (Å²) in [6.45, 7) is 3.16. The lowest BCUT2D eigenvalue weighted by Gasteiger charge is -2.08. The summed E-state index contributed by atoms with van der Waals surface area (Å²) >= 11 is 1.29. The highest BCUT2D eigenvalue weighted by Gasteiger charge is 2.17. The third-order valence-corrected chi connectivity index (χ3v) is 5.06. The van der Waals surface area contributed by atoms with Crippen molar-refractivity contribution < 1.29 is 18.5 Å². The van der Waals surface area contributed by atoms with E-state index in [9.17, 15) is 13.8 Å². The number of amides is 1. The van der Waals surface area contributed by atoms with Crippen molar-refractivity contribution in [2.45, 2.75) is 18.7 Å². The van der Waals surface area contributed by atoms with Gasteiger partial charge in [-0.15, -0.1) is 11.3 Å². The van der Waals surface area contributed by atoms with E-state index in [0.29, 0.717) is 15.8 Å². The lowest BCUT2D eigenvalue weighted by atomic mass is 10.2. The Morgan fingerprint density at radius 2 is 2.09 bits per heavy atom. The summed E-state index contributed by atoms with van der Waals surface area (Å²) in [4.78, 5) is 28.4. The zero-order chi connectivity index (χ0) is 16.8. The Bertz CT molecular complexity index is 743. The molecule has 0 bridgehead atoms. The molecular formula is C15H16N2O4S2. The molecule has 0 saturated carbocycles. The molecule has 1 aromatic carbocycles. The SMILES string of the molecule is CC[S@@](=O)c1ccccc1C(=O)OCC(=O)Nc1nc(C)cs1. The van der Waals surface area contributed by atoms with Crippen LogP contribution in [0.3, 0.4) is 0 Å². The number of nitrogens with zero attached hydrogens (tertiary/aromatic N) is 1. The van der Waals surface area contributed by atoms with Crippen LogP contribution in [0.25, 0.3) is 0 Å². The molecule has 0 spiro atoms. The molecule has 6 nitrogen and oxygen atoms in total. The van der Waals surface area contributed by atoms with Gasteiger partial charge in [0.2, 0.25) is 0 Å². The Labute approximate surface area is 140 Å². The van der Waals surface area contributed by atoms with Gasteiger partial charge in [-0.25, -0.2) is 9.78 Å². The summed E-state index contributed by atoms with van der Waals surface area (Å²) in [5.74, 6) is -0.747. The second kappa shape index (κ2) is 7.98. The van der Waals surface area contributed by atoms with Crippen LogP contribution in [0.4, 0.5) is 5.13 Å². The maximum Gasteiger partial charge on any atom is 0.339 e. The minimum atomic E-state index is -1.28. The molecule has 23 heavy (non-hydrogen) atoms. The number of thiazole rings is 1. The normalized spacial score (nSPS) is 11.7. The first-order chi connectivity index (χ1) is 11.0. The van der Waals surface area contributed by atoms with E-state index in [2.05, 4.69) is 10.3 Å². The van der Waals surface area contributed by atoms with E-state index in [0.717, 1.165) is 5.69 Å². The summed E-state index contributed by atoms with van der Waals surface area (Å²) < 4.78 is 16.9. The van der Waals surface area contributed by atoms with Crippen molar-refractivity contribution in [3.63, 3.8) is 0 Å². The summed E-state index contributed by atoms with van der Waals surface area (Å²) in [6, 6.07) is 6.52. The maximum atomic E-state index is 12.1. The predicted molar refractivity (Wildman–Crippen MR) is 89.2 cm³/mol. The molecule has 1 heterocycles. The van der Waals surface area contributed by atoms with Crippen molar-refractivity contribution in [3.05, 3.63) is 40.9 Å². The zero-order valence-corrected chi connectivity index (χ0v) is 14.3. The minimum Gasteiger partial charge on any atom is -0.452 e. The van der Waals surface area contributed by atoms with Crippen molar-refractivity contribution >= 4 is 39.1 Å². The number of hydrogen-bond acceptors (Lipinski definition) is 6. The van der Waals surface area contributed by atoms with Crippen LogP contribution in [0.5, 0.6) is 0 Å². The van der Waals surface area contributed by atoms with Crippen LogP contribution in [0.1, 0.15) is 23.0 Å². The monoisotopic (exact) mass is 352 g/mol. The highest BCUT2D eigenvalue weighted by molar-refractivity contribution is 7.85. The Morgan fingerprint density at radius 3 is 2.74 bits per heavy atom. The van der Waals surface area contributed by atoms with Crippen LogP contribution >= 0.6 is 11.3 Å². The van der Waals surface area contributed by atoms with E-state index < -0.39 is 29.3 Å². The molecule has 122 valence electrons. The third-order valence-electron chi connectivity index (χ3n) is 2.81. The number of esters is 1.